The summed E-state index contributed by atoms with van der Waals surface area (Å²) in [6.45, 7) is 3.70. The van der Waals surface area contributed by atoms with E-state index < -0.39 is 18.0 Å². The van der Waals surface area contributed by atoms with Crippen molar-refractivity contribution in [2.75, 3.05) is 25.1 Å². The average Bonchev–Trinajstić information content (AvgIpc) is 3.51. The van der Waals surface area contributed by atoms with E-state index in [0.717, 1.165) is 24.2 Å². The minimum atomic E-state index is -2.75. The molecule has 0 unspecified atom stereocenters. The van der Waals surface area contributed by atoms with Crippen LogP contribution < -0.4 is 10.1 Å². The van der Waals surface area contributed by atoms with Crippen LogP contribution in [0.3, 0.4) is 0 Å². The van der Waals surface area contributed by atoms with Crippen molar-refractivity contribution < 1.29 is 23.0 Å². The van der Waals surface area contributed by atoms with Crippen LogP contribution in [0.2, 0.25) is 0 Å². The number of nitrogens with one attached hydrogen (secondary N) is 1. The number of carbonyl (C=O) groups excluding carboxylic acids is 1. The lowest BCUT2D eigenvalue weighted by Gasteiger charge is -2.37. The molecule has 3 aromatic heterocycles. The number of hydrogen-bond donors (Lipinski definition) is 1. The molecule has 1 amide bonds. The van der Waals surface area contributed by atoms with Gasteiger partial charge in [-0.05, 0) is 25.0 Å². The number of halogens is 2. The molecule has 9 heteroatoms. The second-order valence-corrected chi connectivity index (χ2v) is 8.55. The molecule has 1 N–H and O–H groups in total. The van der Waals surface area contributed by atoms with Crippen molar-refractivity contribution in [1.29, 1.82) is 0 Å². The van der Waals surface area contributed by atoms with E-state index in [1.807, 2.05) is 10.6 Å². The number of imidazole rings is 1. The Hall–Kier alpha value is -3.07. The fourth-order valence-electron chi connectivity index (χ4n) is 3.50. The van der Waals surface area contributed by atoms with Crippen LogP contribution in [0.15, 0.2) is 36.7 Å². The van der Waals surface area contributed by atoms with Crippen LogP contribution >= 0.6 is 0 Å². The molecule has 4 heterocycles. The summed E-state index contributed by atoms with van der Waals surface area (Å²) >= 11 is 0. The fourth-order valence-corrected chi connectivity index (χ4v) is 3.50. The van der Waals surface area contributed by atoms with Gasteiger partial charge in [0.25, 0.3) is 12.3 Å². The largest absolute Gasteiger partial charge is 0.490 e. The lowest BCUT2D eigenvalue weighted by molar-refractivity contribution is -0.120. The van der Waals surface area contributed by atoms with Crippen molar-refractivity contribution in [3.8, 4) is 5.75 Å². The number of amides is 1. The van der Waals surface area contributed by atoms with Crippen molar-refractivity contribution >= 4 is 17.2 Å². The van der Waals surface area contributed by atoms with Gasteiger partial charge in [0, 0.05) is 29.8 Å². The maximum atomic E-state index is 13.0. The SMILES string of the molecule is CC1(COc2cc3nc(C4CC4)cn3cc2NC(=O)c2cccc(C(F)F)n2)COC1. The second kappa shape index (κ2) is 7.56. The summed E-state index contributed by atoms with van der Waals surface area (Å²) in [7, 11) is 0. The first kappa shape index (κ1) is 19.9. The Labute approximate surface area is 177 Å². The van der Waals surface area contributed by atoms with Gasteiger partial charge < -0.3 is 19.2 Å². The molecular weight excluding hydrogens is 406 g/mol. The third kappa shape index (κ3) is 4.10. The van der Waals surface area contributed by atoms with E-state index in [4.69, 9.17) is 9.47 Å². The van der Waals surface area contributed by atoms with Crippen LogP contribution in [-0.4, -0.2) is 40.1 Å². The third-order valence-corrected chi connectivity index (χ3v) is 5.52. The highest BCUT2D eigenvalue weighted by atomic mass is 19.3. The number of anilines is 1. The summed E-state index contributed by atoms with van der Waals surface area (Å²) < 4.78 is 39.1. The number of hydrogen-bond acceptors (Lipinski definition) is 5. The fraction of sp³-hybridized carbons (Fsp3) is 0.409. The molecule has 2 aliphatic rings. The summed E-state index contributed by atoms with van der Waals surface area (Å²) in [6.07, 6.45) is 3.18. The zero-order chi connectivity index (χ0) is 21.6. The van der Waals surface area contributed by atoms with Crippen molar-refractivity contribution in [3.05, 3.63) is 53.7 Å². The Kier molecular flexibility index (Phi) is 4.85. The molecule has 2 fully saturated rings. The number of aromatic nitrogens is 3. The first-order chi connectivity index (χ1) is 14.9. The second-order valence-electron chi connectivity index (χ2n) is 8.55. The molecule has 1 saturated heterocycles. The average molecular weight is 428 g/mol. The van der Waals surface area contributed by atoms with Crippen LogP contribution in [0.4, 0.5) is 14.5 Å². The quantitative estimate of drug-likeness (QED) is 0.610. The van der Waals surface area contributed by atoms with E-state index >= 15 is 0 Å². The molecule has 7 nitrogen and oxygen atoms in total. The zero-order valence-corrected chi connectivity index (χ0v) is 17.0. The first-order valence-electron chi connectivity index (χ1n) is 10.2. The predicted molar refractivity (Wildman–Crippen MR) is 109 cm³/mol. The van der Waals surface area contributed by atoms with Crippen molar-refractivity contribution in [2.24, 2.45) is 5.41 Å². The molecule has 1 aliphatic carbocycles. The van der Waals surface area contributed by atoms with Crippen molar-refractivity contribution in [3.63, 3.8) is 0 Å². The molecule has 0 bridgehead atoms. The van der Waals surface area contributed by atoms with Gasteiger partial charge in [0.2, 0.25) is 0 Å². The molecule has 1 aliphatic heterocycles. The molecule has 162 valence electrons. The van der Waals surface area contributed by atoms with Gasteiger partial charge in [0.1, 0.15) is 28.5 Å². The monoisotopic (exact) mass is 428 g/mol. The highest BCUT2D eigenvalue weighted by molar-refractivity contribution is 6.03. The number of fused-ring (bicyclic) bond motifs is 1. The predicted octanol–water partition coefficient (Wildman–Crippen LogP) is 4.21. The maximum Gasteiger partial charge on any atom is 0.280 e. The van der Waals surface area contributed by atoms with E-state index in [2.05, 4.69) is 22.2 Å². The van der Waals surface area contributed by atoms with E-state index in [1.165, 1.54) is 18.2 Å². The minimum Gasteiger partial charge on any atom is -0.490 e. The Morgan fingerprint density at radius 2 is 2.13 bits per heavy atom. The van der Waals surface area contributed by atoms with Crippen LogP contribution in [-0.2, 0) is 4.74 Å². The maximum absolute atomic E-state index is 13.0. The van der Waals surface area contributed by atoms with Crippen molar-refractivity contribution in [2.45, 2.75) is 32.1 Å². The van der Waals surface area contributed by atoms with E-state index in [-0.39, 0.29) is 11.1 Å². The normalized spacial score (nSPS) is 17.5. The lowest BCUT2D eigenvalue weighted by Crippen LogP contribution is -2.44. The van der Waals surface area contributed by atoms with Gasteiger partial charge in [-0.25, -0.2) is 18.7 Å². The first-order valence-corrected chi connectivity index (χ1v) is 10.2. The molecule has 31 heavy (non-hydrogen) atoms. The molecule has 3 aromatic rings. The Balaban J connectivity index is 1.45. The minimum absolute atomic E-state index is 0.0881. The highest BCUT2D eigenvalue weighted by Gasteiger charge is 2.34. The van der Waals surface area contributed by atoms with Crippen molar-refractivity contribution in [1.82, 2.24) is 14.4 Å². The summed E-state index contributed by atoms with van der Waals surface area (Å²) in [5.74, 6) is 0.356. The number of nitrogens with zero attached hydrogens (tertiary/aromatic N) is 3. The molecule has 0 spiro atoms. The Morgan fingerprint density at radius 1 is 1.32 bits per heavy atom. The number of rotatable bonds is 7. The van der Waals surface area contributed by atoms with E-state index in [0.29, 0.717) is 37.2 Å². The molecule has 5 rings (SSSR count). The highest BCUT2D eigenvalue weighted by Crippen LogP contribution is 2.40. The molecule has 0 atom stereocenters. The van der Waals surface area contributed by atoms with E-state index in [9.17, 15) is 13.6 Å². The van der Waals surface area contributed by atoms with Crippen LogP contribution in [0.5, 0.6) is 5.75 Å². The number of carbonyl (C=O) groups is 1. The smallest absolute Gasteiger partial charge is 0.280 e. The Bertz CT molecular complexity index is 1140. The summed E-state index contributed by atoms with van der Waals surface area (Å²) in [5, 5.41) is 2.76. The standard InChI is InChI=1S/C22H22F2N4O3/c1-22(10-30-11-22)12-31-18-7-19-26-16(13-5-6-13)8-28(19)9-17(18)27-21(29)15-4-2-3-14(25-15)20(23)24/h2-4,7-9,13,20H,5-6,10-12H2,1H3,(H,27,29). The lowest BCUT2D eigenvalue weighted by atomic mass is 9.90. The van der Waals surface area contributed by atoms with Crippen LogP contribution in [0.1, 0.15) is 54.0 Å². The third-order valence-electron chi connectivity index (χ3n) is 5.52. The number of alkyl halides is 2. The molecule has 1 saturated carbocycles. The van der Waals surface area contributed by atoms with Gasteiger partial charge in [0.15, 0.2) is 0 Å². The van der Waals surface area contributed by atoms with Gasteiger partial charge in [-0.1, -0.05) is 13.0 Å². The topological polar surface area (TPSA) is 77.8 Å². The zero-order valence-electron chi connectivity index (χ0n) is 17.0. The van der Waals surface area contributed by atoms with Gasteiger partial charge in [-0.3, -0.25) is 4.79 Å². The summed E-state index contributed by atoms with van der Waals surface area (Å²) in [5.41, 5.74) is 1.54. The van der Waals surface area contributed by atoms with Crippen LogP contribution in [0.25, 0.3) is 5.65 Å². The van der Waals surface area contributed by atoms with Crippen LogP contribution in [0, 0.1) is 5.41 Å². The van der Waals surface area contributed by atoms with Gasteiger partial charge >= 0.3 is 0 Å². The number of pyridine rings is 2. The van der Waals surface area contributed by atoms with Gasteiger partial charge in [-0.2, -0.15) is 0 Å². The Morgan fingerprint density at radius 3 is 2.81 bits per heavy atom. The molecule has 0 aromatic carbocycles. The van der Waals surface area contributed by atoms with Gasteiger partial charge in [-0.15, -0.1) is 0 Å². The summed E-state index contributed by atoms with van der Waals surface area (Å²) in [6, 6.07) is 5.76. The molecule has 0 radical (unpaired) electrons. The van der Waals surface area contributed by atoms with Gasteiger partial charge in [0.05, 0.1) is 25.5 Å². The number of ether oxygens (including phenoxy) is 2. The summed E-state index contributed by atoms with van der Waals surface area (Å²) in [4.78, 5) is 21.2. The molecular formula is C22H22F2N4O3. The van der Waals surface area contributed by atoms with E-state index in [1.54, 1.807) is 12.3 Å².